The van der Waals surface area contributed by atoms with Gasteiger partial charge in [-0.1, -0.05) is 0 Å². The first-order valence-electron chi connectivity index (χ1n) is 9.88. The van der Waals surface area contributed by atoms with Crippen LogP contribution in [0.5, 0.6) is 0 Å². The summed E-state index contributed by atoms with van der Waals surface area (Å²) in [7, 11) is 0. The first-order valence-corrected chi connectivity index (χ1v) is 9.88. The number of alkyl halides is 2. The number of anilines is 1. The molecule has 0 saturated carbocycles. The highest BCUT2D eigenvalue weighted by Gasteiger charge is 2.29. The third-order valence-corrected chi connectivity index (χ3v) is 5.65. The molecule has 4 heterocycles. The molecule has 0 N–H and O–H groups in total. The molecule has 2 aliphatic heterocycles. The zero-order valence-electron chi connectivity index (χ0n) is 16.2. The topological polar surface area (TPSA) is 72.7 Å². The van der Waals surface area contributed by atoms with E-state index in [-0.39, 0.29) is 12.2 Å². The van der Waals surface area contributed by atoms with Crippen molar-refractivity contribution in [3.63, 3.8) is 0 Å². The third-order valence-electron chi connectivity index (χ3n) is 5.65. The molecule has 3 aliphatic rings. The van der Waals surface area contributed by atoms with Crippen LogP contribution in [0, 0.1) is 0 Å². The average molecular weight is 417 g/mol. The van der Waals surface area contributed by atoms with E-state index in [1.807, 2.05) is 12.1 Å². The standard InChI is InChI=1S/C20H21F2N5O3/c21-19(22)27-10-14(9-24-27)13-7-16-17(8-13)23-2-1-18(16)25-3-5-26(6-4-25)20(28)30-15-11-29-12-15/h1-2,7,9-10,15,19H,3-6,8,11-12H2. The second-order valence-corrected chi connectivity index (χ2v) is 7.54. The Bertz CT molecular complexity index is 981. The van der Waals surface area contributed by atoms with Gasteiger partial charge >= 0.3 is 12.6 Å². The van der Waals surface area contributed by atoms with Crippen molar-refractivity contribution in [3.05, 3.63) is 41.5 Å². The SMILES string of the molecule is O=C(OC1COC1)N1CCN(c2ccnc3c2C=C(c2cnn(C(F)F)c2)C3)CC1. The van der Waals surface area contributed by atoms with Crippen molar-refractivity contribution in [1.82, 2.24) is 19.7 Å². The Labute approximate surface area is 171 Å². The van der Waals surface area contributed by atoms with Gasteiger partial charge in [0.05, 0.1) is 25.1 Å². The van der Waals surface area contributed by atoms with E-state index in [0.717, 1.165) is 22.5 Å². The van der Waals surface area contributed by atoms with Crippen LogP contribution < -0.4 is 4.90 Å². The van der Waals surface area contributed by atoms with Crippen LogP contribution >= 0.6 is 0 Å². The van der Waals surface area contributed by atoms with Gasteiger partial charge in [-0.3, -0.25) is 4.98 Å². The molecule has 0 spiro atoms. The molecule has 0 unspecified atom stereocenters. The number of halogens is 2. The Morgan fingerprint density at radius 2 is 2.03 bits per heavy atom. The highest BCUT2D eigenvalue weighted by molar-refractivity contribution is 5.91. The second kappa shape index (κ2) is 7.67. The Balaban J connectivity index is 1.29. The lowest BCUT2D eigenvalue weighted by Crippen LogP contribution is -2.51. The number of hydrogen-bond donors (Lipinski definition) is 0. The van der Waals surface area contributed by atoms with Crippen molar-refractivity contribution >= 4 is 23.4 Å². The van der Waals surface area contributed by atoms with Gasteiger partial charge in [0, 0.05) is 61.8 Å². The number of allylic oxidation sites excluding steroid dienone is 1. The van der Waals surface area contributed by atoms with Crippen LogP contribution in [-0.4, -0.2) is 71.3 Å². The van der Waals surface area contributed by atoms with Gasteiger partial charge in [-0.2, -0.15) is 13.9 Å². The summed E-state index contributed by atoms with van der Waals surface area (Å²) < 4.78 is 36.8. The van der Waals surface area contributed by atoms with E-state index in [1.54, 1.807) is 11.1 Å². The lowest BCUT2D eigenvalue weighted by molar-refractivity contribution is -0.104. The number of hydrogen-bond acceptors (Lipinski definition) is 6. The lowest BCUT2D eigenvalue weighted by Gasteiger charge is -2.37. The van der Waals surface area contributed by atoms with Crippen LogP contribution in [0.4, 0.5) is 19.3 Å². The van der Waals surface area contributed by atoms with E-state index in [9.17, 15) is 13.6 Å². The summed E-state index contributed by atoms with van der Waals surface area (Å²) in [6, 6.07) is 1.96. The van der Waals surface area contributed by atoms with Crippen molar-refractivity contribution in [2.24, 2.45) is 0 Å². The van der Waals surface area contributed by atoms with Gasteiger partial charge in [-0.25, -0.2) is 9.48 Å². The highest BCUT2D eigenvalue weighted by atomic mass is 19.3. The predicted octanol–water partition coefficient (Wildman–Crippen LogP) is 2.43. The van der Waals surface area contributed by atoms with Crippen LogP contribution in [0.25, 0.3) is 11.6 Å². The van der Waals surface area contributed by atoms with Crippen LogP contribution in [0.3, 0.4) is 0 Å². The van der Waals surface area contributed by atoms with Gasteiger partial charge in [0.2, 0.25) is 0 Å². The van der Waals surface area contributed by atoms with Gasteiger partial charge in [0.1, 0.15) is 0 Å². The fourth-order valence-corrected chi connectivity index (χ4v) is 3.91. The smallest absolute Gasteiger partial charge is 0.410 e. The van der Waals surface area contributed by atoms with Crippen LogP contribution in [0.1, 0.15) is 23.4 Å². The van der Waals surface area contributed by atoms with Crippen molar-refractivity contribution in [2.75, 3.05) is 44.3 Å². The quantitative estimate of drug-likeness (QED) is 0.761. The molecule has 30 heavy (non-hydrogen) atoms. The molecule has 0 radical (unpaired) electrons. The van der Waals surface area contributed by atoms with E-state index in [0.29, 0.717) is 56.1 Å². The normalized spacial score (nSPS) is 19.0. The maximum Gasteiger partial charge on any atom is 0.410 e. The second-order valence-electron chi connectivity index (χ2n) is 7.54. The van der Waals surface area contributed by atoms with E-state index in [2.05, 4.69) is 15.0 Å². The number of fused-ring (bicyclic) bond motifs is 1. The van der Waals surface area contributed by atoms with Gasteiger partial charge in [0.25, 0.3) is 0 Å². The fraction of sp³-hybridized carbons (Fsp3) is 0.450. The molecule has 0 atom stereocenters. The van der Waals surface area contributed by atoms with E-state index in [1.165, 1.54) is 12.4 Å². The summed E-state index contributed by atoms with van der Waals surface area (Å²) in [5.41, 5.74) is 4.55. The summed E-state index contributed by atoms with van der Waals surface area (Å²) in [4.78, 5) is 20.6. The molecule has 158 valence electrons. The number of piperazine rings is 1. The van der Waals surface area contributed by atoms with Crippen LogP contribution in [0.15, 0.2) is 24.7 Å². The molecule has 5 rings (SSSR count). The minimum absolute atomic E-state index is 0.128. The summed E-state index contributed by atoms with van der Waals surface area (Å²) in [5.74, 6) is 0. The number of carbonyl (C=O) groups is 1. The third kappa shape index (κ3) is 3.51. The largest absolute Gasteiger partial charge is 0.441 e. The number of nitrogens with zero attached hydrogens (tertiary/aromatic N) is 5. The number of aromatic nitrogens is 3. The Morgan fingerprint density at radius 3 is 2.70 bits per heavy atom. The summed E-state index contributed by atoms with van der Waals surface area (Å²) >= 11 is 0. The highest BCUT2D eigenvalue weighted by Crippen LogP contribution is 2.36. The monoisotopic (exact) mass is 417 g/mol. The van der Waals surface area contributed by atoms with Gasteiger partial charge in [-0.05, 0) is 17.7 Å². The summed E-state index contributed by atoms with van der Waals surface area (Å²) in [6.45, 7) is 0.789. The Kier molecular flexibility index (Phi) is 4.86. The molecule has 2 aromatic rings. The molecule has 2 aromatic heterocycles. The lowest BCUT2D eigenvalue weighted by atomic mass is 10.1. The van der Waals surface area contributed by atoms with E-state index < -0.39 is 6.55 Å². The molecule has 1 aliphatic carbocycles. The molecule has 10 heteroatoms. The fourth-order valence-electron chi connectivity index (χ4n) is 3.91. The molecule has 0 bridgehead atoms. The summed E-state index contributed by atoms with van der Waals surface area (Å²) in [5, 5.41) is 3.73. The number of carbonyl (C=O) groups excluding carboxylic acids is 1. The number of ether oxygens (including phenoxy) is 2. The molecule has 2 fully saturated rings. The maximum absolute atomic E-state index is 12.8. The van der Waals surface area contributed by atoms with Gasteiger partial charge < -0.3 is 19.3 Å². The van der Waals surface area contributed by atoms with Crippen molar-refractivity contribution in [3.8, 4) is 0 Å². The Morgan fingerprint density at radius 1 is 1.23 bits per heavy atom. The average Bonchev–Trinajstić information content (AvgIpc) is 3.37. The number of rotatable bonds is 4. The number of amides is 1. The van der Waals surface area contributed by atoms with E-state index in [4.69, 9.17) is 9.47 Å². The van der Waals surface area contributed by atoms with Crippen LogP contribution in [-0.2, 0) is 15.9 Å². The van der Waals surface area contributed by atoms with E-state index >= 15 is 0 Å². The molecule has 0 aromatic carbocycles. The van der Waals surface area contributed by atoms with Gasteiger partial charge in [-0.15, -0.1) is 0 Å². The summed E-state index contributed by atoms with van der Waals surface area (Å²) in [6.07, 6.45) is 6.75. The first-order chi connectivity index (χ1) is 14.6. The molecule has 8 nitrogen and oxygen atoms in total. The molecule has 1 amide bonds. The molecular weight excluding hydrogens is 396 g/mol. The Hall–Kier alpha value is -3.01. The first kappa shape index (κ1) is 19.0. The van der Waals surface area contributed by atoms with Crippen molar-refractivity contribution in [1.29, 1.82) is 0 Å². The maximum atomic E-state index is 12.8. The molecular formula is C20H21F2N5O3. The zero-order chi connectivity index (χ0) is 20.7. The van der Waals surface area contributed by atoms with Crippen LogP contribution in [0.2, 0.25) is 0 Å². The molecule has 2 saturated heterocycles. The number of pyridine rings is 1. The predicted molar refractivity (Wildman–Crippen MR) is 104 cm³/mol. The van der Waals surface area contributed by atoms with Crippen molar-refractivity contribution in [2.45, 2.75) is 19.1 Å². The minimum Gasteiger partial charge on any atom is -0.441 e. The minimum atomic E-state index is -2.66. The van der Waals surface area contributed by atoms with Crippen molar-refractivity contribution < 1.29 is 23.0 Å². The van der Waals surface area contributed by atoms with Gasteiger partial charge in [0.15, 0.2) is 6.10 Å². The zero-order valence-corrected chi connectivity index (χ0v) is 16.2.